The van der Waals surface area contributed by atoms with Gasteiger partial charge >= 0.3 is 12.1 Å². The topological polar surface area (TPSA) is 90.2 Å². The summed E-state index contributed by atoms with van der Waals surface area (Å²) in [6.45, 7) is 0. The lowest BCUT2D eigenvalue weighted by Gasteiger charge is -2.14. The van der Waals surface area contributed by atoms with Crippen molar-refractivity contribution in [3.63, 3.8) is 0 Å². The summed E-state index contributed by atoms with van der Waals surface area (Å²) >= 11 is 0. The highest BCUT2D eigenvalue weighted by Gasteiger charge is 2.30. The molecule has 0 aliphatic heterocycles. The van der Waals surface area contributed by atoms with Crippen molar-refractivity contribution in [2.75, 3.05) is 0 Å². The quantitative estimate of drug-likeness (QED) is 0.711. The molecule has 5 nitrogen and oxygen atoms in total. The number of nitrogens with zero attached hydrogens (tertiary/aromatic N) is 1. The number of halogens is 3. The van der Waals surface area contributed by atoms with Crippen LogP contribution in [0.4, 0.5) is 13.2 Å². The molecule has 0 unspecified atom stereocenters. The molecular weight excluding hydrogens is 325 g/mol. The molecule has 1 rings (SSSR count). The highest BCUT2D eigenvalue weighted by Crippen LogP contribution is 2.29. The lowest BCUT2D eigenvalue weighted by Crippen LogP contribution is -2.41. The molecule has 0 aliphatic rings. The van der Waals surface area contributed by atoms with Crippen molar-refractivity contribution < 1.29 is 27.9 Å². The average Bonchev–Trinajstić information content (AvgIpc) is 2.49. The van der Waals surface area contributed by atoms with E-state index >= 15 is 0 Å². The van der Waals surface area contributed by atoms with E-state index in [1.165, 1.54) is 12.1 Å². The highest BCUT2D eigenvalue weighted by molar-refractivity contribution is 5.84. The van der Waals surface area contributed by atoms with Gasteiger partial charge in [-0.15, -0.1) is 0 Å². The van der Waals surface area contributed by atoms with E-state index in [0.29, 0.717) is 24.8 Å². The van der Waals surface area contributed by atoms with Crippen LogP contribution in [-0.2, 0) is 22.2 Å². The molecule has 0 saturated heterocycles. The van der Waals surface area contributed by atoms with Gasteiger partial charge in [-0.05, 0) is 37.0 Å². The second-order valence-corrected chi connectivity index (χ2v) is 5.23. The number of aliphatic carboxylic acids is 1. The smallest absolute Gasteiger partial charge is 0.416 e. The zero-order valence-electron chi connectivity index (χ0n) is 12.8. The zero-order chi connectivity index (χ0) is 18.2. The van der Waals surface area contributed by atoms with Crippen LogP contribution in [0.2, 0.25) is 0 Å². The number of benzene rings is 1. The van der Waals surface area contributed by atoms with Crippen molar-refractivity contribution in [2.24, 2.45) is 0 Å². The van der Waals surface area contributed by atoms with Gasteiger partial charge in [-0.3, -0.25) is 4.79 Å². The van der Waals surface area contributed by atoms with Gasteiger partial charge in [0.25, 0.3) is 0 Å². The molecule has 0 bridgehead atoms. The van der Waals surface area contributed by atoms with E-state index in [4.69, 9.17) is 10.4 Å². The second kappa shape index (κ2) is 8.91. The standard InChI is InChI=1S/C16H17F3N2O3/c17-16(18,19)12-7-5-11(6-8-12)10-14(22)21-13(15(23)24)4-2-1-3-9-20/h5-8,13H,1-4,10H2,(H,21,22)(H,23,24)/t13-/m1/s1. The van der Waals surface area contributed by atoms with Crippen LogP contribution >= 0.6 is 0 Å². The first-order valence-corrected chi connectivity index (χ1v) is 7.29. The number of carboxylic acids is 1. The number of carbonyl (C=O) groups excluding carboxylic acids is 1. The first-order valence-electron chi connectivity index (χ1n) is 7.29. The van der Waals surface area contributed by atoms with Gasteiger partial charge in [0, 0.05) is 6.42 Å². The molecule has 1 atom stereocenters. The Labute approximate surface area is 137 Å². The Bertz CT molecular complexity index is 606. The predicted molar refractivity (Wildman–Crippen MR) is 78.8 cm³/mol. The van der Waals surface area contributed by atoms with E-state index < -0.39 is 29.7 Å². The molecule has 0 saturated carbocycles. The van der Waals surface area contributed by atoms with Crippen LogP contribution in [0, 0.1) is 11.3 Å². The lowest BCUT2D eigenvalue weighted by molar-refractivity contribution is -0.142. The van der Waals surface area contributed by atoms with Crippen LogP contribution in [0.15, 0.2) is 24.3 Å². The summed E-state index contributed by atoms with van der Waals surface area (Å²) < 4.78 is 37.4. The molecule has 2 N–H and O–H groups in total. The van der Waals surface area contributed by atoms with Crippen molar-refractivity contribution in [1.29, 1.82) is 5.26 Å². The van der Waals surface area contributed by atoms with Gasteiger partial charge in [0.1, 0.15) is 6.04 Å². The Morgan fingerprint density at radius 2 is 1.83 bits per heavy atom. The average molecular weight is 342 g/mol. The van der Waals surface area contributed by atoms with Crippen LogP contribution in [0.5, 0.6) is 0 Å². The monoisotopic (exact) mass is 342 g/mol. The molecule has 130 valence electrons. The first kappa shape index (κ1) is 19.5. The van der Waals surface area contributed by atoms with Gasteiger partial charge in [0.15, 0.2) is 0 Å². The summed E-state index contributed by atoms with van der Waals surface area (Å²) in [4.78, 5) is 23.0. The number of rotatable bonds is 8. The van der Waals surface area contributed by atoms with Gasteiger partial charge < -0.3 is 10.4 Å². The molecule has 1 amide bonds. The number of nitriles is 1. The summed E-state index contributed by atoms with van der Waals surface area (Å²) in [6.07, 6.45) is -3.14. The summed E-state index contributed by atoms with van der Waals surface area (Å²) in [5, 5.41) is 19.8. The Balaban J connectivity index is 2.56. The van der Waals surface area contributed by atoms with Gasteiger partial charge in [-0.1, -0.05) is 12.1 Å². The third-order valence-electron chi connectivity index (χ3n) is 3.31. The van der Waals surface area contributed by atoms with E-state index in [0.717, 1.165) is 12.1 Å². The second-order valence-electron chi connectivity index (χ2n) is 5.23. The number of carboxylic acid groups (broad SMARTS) is 1. The van der Waals surface area contributed by atoms with E-state index in [9.17, 15) is 22.8 Å². The minimum atomic E-state index is -4.45. The van der Waals surface area contributed by atoms with E-state index in [1.54, 1.807) is 0 Å². The zero-order valence-corrected chi connectivity index (χ0v) is 12.8. The third kappa shape index (κ3) is 6.69. The van der Waals surface area contributed by atoms with Crippen LogP contribution < -0.4 is 5.32 Å². The summed E-state index contributed by atoms with van der Waals surface area (Å²) in [7, 11) is 0. The maximum atomic E-state index is 12.5. The van der Waals surface area contributed by atoms with Crippen LogP contribution in [0.25, 0.3) is 0 Å². The normalized spacial score (nSPS) is 12.2. The third-order valence-corrected chi connectivity index (χ3v) is 3.31. The van der Waals surface area contributed by atoms with Crippen LogP contribution in [-0.4, -0.2) is 23.0 Å². The summed E-state index contributed by atoms with van der Waals surface area (Å²) in [5.41, 5.74) is -0.457. The number of nitrogens with one attached hydrogen (secondary N) is 1. The Morgan fingerprint density at radius 3 is 2.33 bits per heavy atom. The van der Waals surface area contributed by atoms with Crippen molar-refractivity contribution >= 4 is 11.9 Å². The molecule has 8 heteroatoms. The number of hydrogen-bond acceptors (Lipinski definition) is 3. The Kier molecular flexibility index (Phi) is 7.24. The Morgan fingerprint density at radius 1 is 1.21 bits per heavy atom. The van der Waals surface area contributed by atoms with Gasteiger partial charge in [-0.25, -0.2) is 4.79 Å². The molecule has 0 spiro atoms. The largest absolute Gasteiger partial charge is 0.480 e. The van der Waals surface area contributed by atoms with Crippen molar-refractivity contribution in [3.05, 3.63) is 35.4 Å². The maximum absolute atomic E-state index is 12.5. The molecular formula is C16H17F3N2O3. The van der Waals surface area contributed by atoms with Crippen molar-refractivity contribution in [2.45, 2.75) is 44.3 Å². The maximum Gasteiger partial charge on any atom is 0.416 e. The minimum absolute atomic E-state index is 0.190. The molecule has 1 aromatic carbocycles. The number of alkyl halides is 3. The van der Waals surface area contributed by atoms with E-state index in [2.05, 4.69) is 5.32 Å². The summed E-state index contributed by atoms with van der Waals surface area (Å²) in [6, 6.07) is 4.99. The van der Waals surface area contributed by atoms with E-state index in [-0.39, 0.29) is 12.8 Å². The molecule has 0 aliphatic carbocycles. The van der Waals surface area contributed by atoms with Crippen molar-refractivity contribution in [1.82, 2.24) is 5.32 Å². The fourth-order valence-electron chi connectivity index (χ4n) is 2.05. The predicted octanol–water partition coefficient (Wildman–Crippen LogP) is 2.90. The molecule has 0 heterocycles. The van der Waals surface area contributed by atoms with Gasteiger partial charge in [0.05, 0.1) is 18.1 Å². The number of hydrogen-bond donors (Lipinski definition) is 2. The first-order chi connectivity index (χ1) is 11.2. The molecule has 1 aromatic rings. The van der Waals surface area contributed by atoms with Crippen molar-refractivity contribution in [3.8, 4) is 6.07 Å². The number of unbranched alkanes of at least 4 members (excludes halogenated alkanes) is 2. The highest BCUT2D eigenvalue weighted by atomic mass is 19.4. The molecule has 0 fully saturated rings. The fraction of sp³-hybridized carbons (Fsp3) is 0.438. The van der Waals surface area contributed by atoms with Gasteiger partial charge in [0.2, 0.25) is 5.91 Å². The molecule has 24 heavy (non-hydrogen) atoms. The van der Waals surface area contributed by atoms with Crippen LogP contribution in [0.3, 0.4) is 0 Å². The number of carbonyl (C=O) groups is 2. The molecule has 0 aromatic heterocycles. The van der Waals surface area contributed by atoms with Crippen LogP contribution in [0.1, 0.15) is 36.8 Å². The molecule has 0 radical (unpaired) electrons. The minimum Gasteiger partial charge on any atom is -0.480 e. The lowest BCUT2D eigenvalue weighted by atomic mass is 10.1. The number of amides is 1. The van der Waals surface area contributed by atoms with Gasteiger partial charge in [-0.2, -0.15) is 18.4 Å². The van der Waals surface area contributed by atoms with E-state index in [1.807, 2.05) is 6.07 Å². The SMILES string of the molecule is N#CCCCC[C@@H](NC(=O)Cc1ccc(C(F)(F)F)cc1)C(=O)O. The summed E-state index contributed by atoms with van der Waals surface area (Å²) in [5.74, 6) is -1.77. The fourth-order valence-corrected chi connectivity index (χ4v) is 2.05. The Hall–Kier alpha value is -2.56.